The molecule has 6 aromatic carbocycles. The van der Waals surface area contributed by atoms with Crippen molar-refractivity contribution in [3.63, 3.8) is 0 Å². The van der Waals surface area contributed by atoms with Gasteiger partial charge in [0.25, 0.3) is 0 Å². The summed E-state index contributed by atoms with van der Waals surface area (Å²) in [7, 11) is 0. The molecule has 0 unspecified atom stereocenters. The van der Waals surface area contributed by atoms with Gasteiger partial charge in [-0.05, 0) is 48.5 Å². The molecule has 0 radical (unpaired) electrons. The highest BCUT2D eigenvalue weighted by atomic mass is 16.3. The molecule has 4 heteroatoms. The van der Waals surface area contributed by atoms with Crippen LogP contribution in [0.5, 0.6) is 0 Å². The molecule has 0 aliphatic heterocycles. The van der Waals surface area contributed by atoms with Crippen molar-refractivity contribution < 1.29 is 4.42 Å². The quantitative estimate of drug-likeness (QED) is 0.215. The predicted molar refractivity (Wildman–Crippen MR) is 178 cm³/mol. The molecule has 0 spiro atoms. The standard InChI is InChI=1S/C39H23N3O/c1-2-12-24(13-3-1)41-29-18-7-5-15-26(29)36-37-28(17-11-23-40-37)34-25-14-4-8-19-30(25)42(38(34)39(36)41)31-20-10-22-33-35(31)27-16-6-9-21-32(27)43-33/h1-23H. The van der Waals surface area contributed by atoms with Gasteiger partial charge in [-0.15, -0.1) is 0 Å². The van der Waals surface area contributed by atoms with E-state index in [1.54, 1.807) is 0 Å². The molecule has 0 fully saturated rings. The summed E-state index contributed by atoms with van der Waals surface area (Å²) in [6, 6.07) is 47.2. The SMILES string of the molecule is c1ccc(-n2c3ccccc3c3c4ncccc4c4c5ccccc5n(-c5cccc6oc7ccccc7c56)c4c32)cc1. The molecule has 0 saturated heterocycles. The van der Waals surface area contributed by atoms with Crippen LogP contribution in [0.2, 0.25) is 0 Å². The largest absolute Gasteiger partial charge is 0.456 e. The number of furan rings is 1. The van der Waals surface area contributed by atoms with Crippen LogP contribution >= 0.6 is 0 Å². The second kappa shape index (κ2) is 8.34. The first kappa shape index (κ1) is 22.8. The van der Waals surface area contributed by atoms with Gasteiger partial charge in [0, 0.05) is 44.2 Å². The van der Waals surface area contributed by atoms with Crippen LogP contribution < -0.4 is 0 Å². The van der Waals surface area contributed by atoms with Gasteiger partial charge in [0.05, 0.1) is 38.7 Å². The van der Waals surface area contributed by atoms with E-state index in [1.807, 2.05) is 12.3 Å². The fraction of sp³-hybridized carbons (Fsp3) is 0. The van der Waals surface area contributed by atoms with Crippen LogP contribution in [0, 0.1) is 0 Å². The first-order valence-corrected chi connectivity index (χ1v) is 14.6. The first-order chi connectivity index (χ1) is 21.4. The summed E-state index contributed by atoms with van der Waals surface area (Å²) in [6.45, 7) is 0. The molecular weight excluding hydrogens is 526 g/mol. The zero-order chi connectivity index (χ0) is 28.1. The normalized spacial score (nSPS) is 12.2. The lowest BCUT2D eigenvalue weighted by molar-refractivity contribution is 0.669. The fourth-order valence-corrected chi connectivity index (χ4v) is 7.28. The minimum Gasteiger partial charge on any atom is -0.456 e. The Morgan fingerprint density at radius 2 is 1.07 bits per heavy atom. The molecule has 0 N–H and O–H groups in total. The van der Waals surface area contributed by atoms with Gasteiger partial charge in [-0.1, -0.05) is 84.9 Å². The number of nitrogens with zero attached hydrogens (tertiary/aromatic N) is 3. The number of benzene rings is 6. The van der Waals surface area contributed by atoms with Crippen molar-refractivity contribution >= 4 is 76.5 Å². The van der Waals surface area contributed by atoms with E-state index in [0.717, 1.165) is 71.7 Å². The molecular formula is C39H23N3O. The van der Waals surface area contributed by atoms with Crippen LogP contribution in [0.25, 0.3) is 87.8 Å². The lowest BCUT2D eigenvalue weighted by atomic mass is 10.0. The third-order valence-corrected chi connectivity index (χ3v) is 8.92. The Bertz CT molecular complexity index is 2730. The zero-order valence-corrected chi connectivity index (χ0v) is 23.0. The summed E-state index contributed by atoms with van der Waals surface area (Å²) in [4.78, 5) is 5.05. The number of pyridine rings is 1. The van der Waals surface area contributed by atoms with E-state index >= 15 is 0 Å². The Hall–Kier alpha value is -5.87. The number of para-hydroxylation sites is 4. The number of aromatic nitrogens is 3. The summed E-state index contributed by atoms with van der Waals surface area (Å²) in [5, 5.41) is 8.14. The number of rotatable bonds is 2. The van der Waals surface area contributed by atoms with Crippen LogP contribution in [0.4, 0.5) is 0 Å². The highest BCUT2D eigenvalue weighted by Crippen LogP contribution is 2.47. The summed E-state index contributed by atoms with van der Waals surface area (Å²) in [6.07, 6.45) is 1.92. The molecule has 0 aliphatic carbocycles. The van der Waals surface area contributed by atoms with E-state index in [0.29, 0.717) is 0 Å². The third kappa shape index (κ3) is 2.92. The van der Waals surface area contributed by atoms with Crippen LogP contribution in [-0.2, 0) is 0 Å². The maximum atomic E-state index is 6.39. The van der Waals surface area contributed by atoms with Crippen LogP contribution in [-0.4, -0.2) is 14.1 Å². The lowest BCUT2D eigenvalue weighted by Crippen LogP contribution is -1.99. The molecule has 0 saturated carbocycles. The smallest absolute Gasteiger partial charge is 0.137 e. The topological polar surface area (TPSA) is 35.9 Å². The van der Waals surface area contributed by atoms with E-state index in [4.69, 9.17) is 9.40 Å². The van der Waals surface area contributed by atoms with Crippen molar-refractivity contribution in [2.45, 2.75) is 0 Å². The summed E-state index contributed by atoms with van der Waals surface area (Å²) in [5.74, 6) is 0. The van der Waals surface area contributed by atoms with Gasteiger partial charge >= 0.3 is 0 Å². The minimum atomic E-state index is 0.881. The number of hydrogen-bond donors (Lipinski definition) is 0. The van der Waals surface area contributed by atoms with Crippen molar-refractivity contribution in [3.8, 4) is 11.4 Å². The summed E-state index contributed by atoms with van der Waals surface area (Å²) < 4.78 is 11.3. The highest BCUT2D eigenvalue weighted by molar-refractivity contribution is 6.36. The second-order valence-electron chi connectivity index (χ2n) is 11.1. The van der Waals surface area contributed by atoms with Crippen molar-refractivity contribution in [3.05, 3.63) is 140 Å². The molecule has 43 heavy (non-hydrogen) atoms. The van der Waals surface area contributed by atoms with Gasteiger partial charge in [0.15, 0.2) is 0 Å². The lowest BCUT2D eigenvalue weighted by Gasteiger charge is -2.14. The van der Waals surface area contributed by atoms with Crippen molar-refractivity contribution in [1.29, 1.82) is 0 Å². The van der Waals surface area contributed by atoms with Gasteiger partial charge < -0.3 is 13.6 Å². The Morgan fingerprint density at radius 1 is 0.442 bits per heavy atom. The Kier molecular flexibility index (Phi) is 4.42. The van der Waals surface area contributed by atoms with Gasteiger partial charge in [0.1, 0.15) is 11.2 Å². The second-order valence-corrected chi connectivity index (χ2v) is 11.1. The van der Waals surface area contributed by atoms with E-state index in [2.05, 4.69) is 137 Å². The van der Waals surface area contributed by atoms with Crippen LogP contribution in [0.1, 0.15) is 0 Å². The molecule has 4 nitrogen and oxygen atoms in total. The third-order valence-electron chi connectivity index (χ3n) is 8.92. The van der Waals surface area contributed by atoms with E-state index < -0.39 is 0 Å². The van der Waals surface area contributed by atoms with Crippen molar-refractivity contribution in [1.82, 2.24) is 14.1 Å². The zero-order valence-electron chi connectivity index (χ0n) is 23.0. The molecule has 0 amide bonds. The average molecular weight is 550 g/mol. The highest BCUT2D eigenvalue weighted by Gasteiger charge is 2.26. The number of fused-ring (bicyclic) bond motifs is 13. The molecule has 4 aromatic heterocycles. The van der Waals surface area contributed by atoms with E-state index in [-0.39, 0.29) is 0 Å². The molecule has 200 valence electrons. The monoisotopic (exact) mass is 549 g/mol. The van der Waals surface area contributed by atoms with Crippen molar-refractivity contribution in [2.75, 3.05) is 0 Å². The van der Waals surface area contributed by atoms with Crippen LogP contribution in [0.15, 0.2) is 144 Å². The average Bonchev–Trinajstić information content (AvgIpc) is 3.73. The Balaban J connectivity index is 1.57. The maximum absolute atomic E-state index is 6.39. The summed E-state index contributed by atoms with van der Waals surface area (Å²) >= 11 is 0. The van der Waals surface area contributed by atoms with Gasteiger partial charge in [-0.2, -0.15) is 0 Å². The Labute approximate surface area is 245 Å². The molecule has 0 atom stereocenters. The molecule has 4 heterocycles. The summed E-state index contributed by atoms with van der Waals surface area (Å²) in [5.41, 5.74) is 9.63. The molecule has 0 bridgehead atoms. The fourth-order valence-electron chi connectivity index (χ4n) is 7.28. The number of hydrogen-bond acceptors (Lipinski definition) is 2. The van der Waals surface area contributed by atoms with E-state index in [9.17, 15) is 0 Å². The minimum absolute atomic E-state index is 0.881. The molecule has 10 aromatic rings. The Morgan fingerprint density at radius 3 is 1.91 bits per heavy atom. The maximum Gasteiger partial charge on any atom is 0.137 e. The van der Waals surface area contributed by atoms with E-state index in [1.165, 1.54) is 16.2 Å². The van der Waals surface area contributed by atoms with Gasteiger partial charge in [-0.3, -0.25) is 4.98 Å². The van der Waals surface area contributed by atoms with Gasteiger partial charge in [0.2, 0.25) is 0 Å². The molecule has 10 rings (SSSR count). The molecule has 0 aliphatic rings. The van der Waals surface area contributed by atoms with Crippen LogP contribution in [0.3, 0.4) is 0 Å². The van der Waals surface area contributed by atoms with Crippen molar-refractivity contribution in [2.24, 2.45) is 0 Å². The predicted octanol–water partition coefficient (Wildman–Crippen LogP) is 10.3. The first-order valence-electron chi connectivity index (χ1n) is 14.6. The van der Waals surface area contributed by atoms with Gasteiger partial charge in [-0.25, -0.2) is 0 Å².